The SMILES string of the molecule is CC(=O)Nc1cn[nH]c1C1=NCC(c2ccccc2)N1. The van der Waals surface area contributed by atoms with E-state index in [4.69, 9.17) is 0 Å². The minimum Gasteiger partial charge on any atom is -0.360 e. The number of nitrogens with one attached hydrogen (secondary N) is 3. The molecule has 3 N–H and O–H groups in total. The number of aromatic nitrogens is 2. The van der Waals surface area contributed by atoms with Gasteiger partial charge in [0, 0.05) is 6.92 Å². The van der Waals surface area contributed by atoms with Crippen LogP contribution in [0.3, 0.4) is 0 Å². The standard InChI is InChI=1S/C14H15N5O/c1-9(20)17-12-8-16-19-13(12)14-15-7-11(18-14)10-5-3-2-4-6-10/h2-6,8,11H,7H2,1H3,(H,15,18)(H,16,19)(H,17,20). The van der Waals surface area contributed by atoms with Crippen LogP contribution < -0.4 is 10.6 Å². The molecule has 0 radical (unpaired) electrons. The van der Waals surface area contributed by atoms with E-state index < -0.39 is 0 Å². The van der Waals surface area contributed by atoms with E-state index in [-0.39, 0.29) is 11.9 Å². The second-order valence-electron chi connectivity index (χ2n) is 4.64. The zero-order valence-electron chi connectivity index (χ0n) is 11.1. The number of amidine groups is 1. The number of aromatic amines is 1. The number of hydrogen-bond acceptors (Lipinski definition) is 4. The van der Waals surface area contributed by atoms with Gasteiger partial charge < -0.3 is 10.6 Å². The van der Waals surface area contributed by atoms with Crippen LogP contribution in [0.4, 0.5) is 5.69 Å². The lowest BCUT2D eigenvalue weighted by molar-refractivity contribution is -0.114. The predicted octanol–water partition coefficient (Wildman–Crippen LogP) is 1.46. The van der Waals surface area contributed by atoms with Gasteiger partial charge in [-0.05, 0) is 5.56 Å². The summed E-state index contributed by atoms with van der Waals surface area (Å²) in [6.07, 6.45) is 1.58. The minimum absolute atomic E-state index is 0.133. The van der Waals surface area contributed by atoms with Crippen LogP contribution in [0.5, 0.6) is 0 Å². The Morgan fingerprint density at radius 3 is 2.90 bits per heavy atom. The number of amides is 1. The third kappa shape index (κ3) is 2.40. The van der Waals surface area contributed by atoms with E-state index in [1.807, 2.05) is 18.2 Å². The quantitative estimate of drug-likeness (QED) is 0.789. The first-order valence-corrected chi connectivity index (χ1v) is 6.41. The largest absolute Gasteiger partial charge is 0.360 e. The molecule has 2 heterocycles. The second-order valence-corrected chi connectivity index (χ2v) is 4.64. The van der Waals surface area contributed by atoms with E-state index in [2.05, 4.69) is 38.0 Å². The number of anilines is 1. The van der Waals surface area contributed by atoms with Crippen molar-refractivity contribution in [3.05, 3.63) is 47.8 Å². The Morgan fingerprint density at radius 1 is 1.35 bits per heavy atom. The first kappa shape index (κ1) is 12.4. The third-order valence-corrected chi connectivity index (χ3v) is 3.13. The van der Waals surface area contributed by atoms with Crippen molar-refractivity contribution in [3.63, 3.8) is 0 Å². The molecule has 3 rings (SSSR count). The number of nitrogens with zero attached hydrogens (tertiary/aromatic N) is 2. The number of rotatable bonds is 3. The maximum atomic E-state index is 11.2. The summed E-state index contributed by atoms with van der Waals surface area (Å²) in [7, 11) is 0. The van der Waals surface area contributed by atoms with Gasteiger partial charge in [0.2, 0.25) is 5.91 Å². The van der Waals surface area contributed by atoms with Crippen molar-refractivity contribution < 1.29 is 4.79 Å². The molecule has 1 aliphatic rings. The summed E-state index contributed by atoms with van der Waals surface area (Å²) in [6, 6.07) is 10.3. The van der Waals surface area contributed by atoms with Crippen molar-refractivity contribution in [2.75, 3.05) is 11.9 Å². The summed E-state index contributed by atoms with van der Waals surface area (Å²) in [4.78, 5) is 15.6. The predicted molar refractivity (Wildman–Crippen MR) is 76.6 cm³/mol. The molecular formula is C14H15N5O. The van der Waals surface area contributed by atoms with Gasteiger partial charge in [-0.25, -0.2) is 0 Å². The minimum atomic E-state index is -0.133. The van der Waals surface area contributed by atoms with E-state index in [1.165, 1.54) is 12.5 Å². The van der Waals surface area contributed by atoms with Crippen molar-refractivity contribution in [3.8, 4) is 0 Å². The summed E-state index contributed by atoms with van der Waals surface area (Å²) in [5.41, 5.74) is 2.53. The molecule has 20 heavy (non-hydrogen) atoms. The lowest BCUT2D eigenvalue weighted by Crippen LogP contribution is -2.25. The average Bonchev–Trinajstić information content (AvgIpc) is 3.07. The molecule has 2 aromatic rings. The molecule has 102 valence electrons. The number of hydrogen-bond donors (Lipinski definition) is 3. The lowest BCUT2D eigenvalue weighted by atomic mass is 10.1. The van der Waals surface area contributed by atoms with E-state index in [0.717, 1.165) is 5.84 Å². The summed E-state index contributed by atoms with van der Waals surface area (Å²) in [5.74, 6) is 0.589. The van der Waals surface area contributed by atoms with Gasteiger partial charge in [0.15, 0.2) is 0 Å². The van der Waals surface area contributed by atoms with Crippen molar-refractivity contribution in [2.45, 2.75) is 13.0 Å². The first-order valence-electron chi connectivity index (χ1n) is 6.41. The lowest BCUT2D eigenvalue weighted by Gasteiger charge is -2.12. The molecule has 1 atom stereocenters. The highest BCUT2D eigenvalue weighted by molar-refractivity contribution is 6.05. The fourth-order valence-electron chi connectivity index (χ4n) is 2.22. The third-order valence-electron chi connectivity index (χ3n) is 3.13. The van der Waals surface area contributed by atoms with Crippen molar-refractivity contribution >= 4 is 17.4 Å². The van der Waals surface area contributed by atoms with E-state index in [1.54, 1.807) is 6.20 Å². The molecule has 1 aromatic heterocycles. The average molecular weight is 269 g/mol. The molecule has 1 aromatic carbocycles. The highest BCUT2D eigenvalue weighted by atomic mass is 16.1. The van der Waals surface area contributed by atoms with Gasteiger partial charge in [0.05, 0.1) is 24.5 Å². The zero-order valence-corrected chi connectivity index (χ0v) is 11.1. The maximum Gasteiger partial charge on any atom is 0.221 e. The Bertz CT molecular complexity index is 647. The molecule has 1 amide bonds. The number of aliphatic imine (C=N–C) groups is 1. The van der Waals surface area contributed by atoms with Crippen LogP contribution in [-0.4, -0.2) is 28.5 Å². The van der Waals surface area contributed by atoms with Gasteiger partial charge in [-0.1, -0.05) is 30.3 Å². The van der Waals surface area contributed by atoms with Crippen molar-refractivity contribution in [2.24, 2.45) is 4.99 Å². The summed E-state index contributed by atoms with van der Waals surface area (Å²) in [5, 5.41) is 12.9. The molecule has 6 heteroatoms. The van der Waals surface area contributed by atoms with Gasteiger partial charge in [-0.2, -0.15) is 5.10 Å². The molecule has 6 nitrogen and oxygen atoms in total. The van der Waals surface area contributed by atoms with Crippen molar-refractivity contribution in [1.82, 2.24) is 15.5 Å². The number of carbonyl (C=O) groups excluding carboxylic acids is 1. The van der Waals surface area contributed by atoms with Crippen LogP contribution >= 0.6 is 0 Å². The second kappa shape index (κ2) is 5.16. The molecule has 0 spiro atoms. The smallest absolute Gasteiger partial charge is 0.221 e. The van der Waals surface area contributed by atoms with E-state index >= 15 is 0 Å². The van der Waals surface area contributed by atoms with Crippen LogP contribution in [-0.2, 0) is 4.79 Å². The molecule has 1 aliphatic heterocycles. The van der Waals surface area contributed by atoms with Gasteiger partial charge in [0.25, 0.3) is 0 Å². The molecule has 0 bridgehead atoms. The van der Waals surface area contributed by atoms with Gasteiger partial charge in [-0.3, -0.25) is 14.9 Å². The summed E-state index contributed by atoms with van der Waals surface area (Å²) >= 11 is 0. The zero-order chi connectivity index (χ0) is 13.9. The first-order chi connectivity index (χ1) is 9.74. The van der Waals surface area contributed by atoms with Crippen LogP contribution in [0.1, 0.15) is 24.2 Å². The van der Waals surface area contributed by atoms with Crippen LogP contribution in [0, 0.1) is 0 Å². The van der Waals surface area contributed by atoms with Crippen LogP contribution in [0.15, 0.2) is 41.5 Å². The molecule has 1 unspecified atom stereocenters. The topological polar surface area (TPSA) is 82.2 Å². The normalized spacial score (nSPS) is 17.4. The fourth-order valence-corrected chi connectivity index (χ4v) is 2.22. The molecule has 0 aliphatic carbocycles. The van der Waals surface area contributed by atoms with Crippen molar-refractivity contribution in [1.29, 1.82) is 0 Å². The number of carbonyl (C=O) groups is 1. The highest BCUT2D eigenvalue weighted by Gasteiger charge is 2.23. The Hall–Kier alpha value is -2.63. The van der Waals surface area contributed by atoms with E-state index in [0.29, 0.717) is 17.9 Å². The van der Waals surface area contributed by atoms with Gasteiger partial charge in [0.1, 0.15) is 11.5 Å². The summed E-state index contributed by atoms with van der Waals surface area (Å²) in [6.45, 7) is 2.13. The van der Waals surface area contributed by atoms with Crippen LogP contribution in [0.25, 0.3) is 0 Å². The van der Waals surface area contributed by atoms with Gasteiger partial charge >= 0.3 is 0 Å². The highest BCUT2D eigenvalue weighted by Crippen LogP contribution is 2.21. The molecule has 0 fully saturated rings. The Balaban J connectivity index is 1.77. The Labute approximate surface area is 116 Å². The Kier molecular flexibility index (Phi) is 3.20. The monoisotopic (exact) mass is 269 g/mol. The molecular weight excluding hydrogens is 254 g/mol. The van der Waals surface area contributed by atoms with Crippen LogP contribution in [0.2, 0.25) is 0 Å². The molecule has 0 saturated carbocycles. The van der Waals surface area contributed by atoms with Gasteiger partial charge in [-0.15, -0.1) is 0 Å². The number of benzene rings is 1. The molecule has 0 saturated heterocycles. The Morgan fingerprint density at radius 2 is 2.15 bits per heavy atom. The van der Waals surface area contributed by atoms with E-state index in [9.17, 15) is 4.79 Å². The maximum absolute atomic E-state index is 11.2. The summed E-state index contributed by atoms with van der Waals surface area (Å²) < 4.78 is 0. The fraction of sp³-hybridized carbons (Fsp3) is 0.214. The number of H-pyrrole nitrogens is 1.